The highest BCUT2D eigenvalue weighted by atomic mass is 14.7. The normalized spacial score (nSPS) is 10.8. The second kappa shape index (κ2) is 4.85. The van der Waals surface area contributed by atoms with E-state index in [4.69, 9.17) is 4.98 Å². The Hall–Kier alpha value is -2.15. The van der Waals surface area contributed by atoms with E-state index >= 15 is 0 Å². The summed E-state index contributed by atoms with van der Waals surface area (Å²) in [6.07, 6.45) is 1.01. The maximum atomic E-state index is 4.73. The summed E-state index contributed by atoms with van der Waals surface area (Å²) in [6.45, 7) is 4.31. The molecule has 2 aromatic carbocycles. The predicted molar refractivity (Wildman–Crippen MR) is 81.3 cm³/mol. The molecular weight excluding hydrogens is 230 g/mol. The molecule has 0 aliphatic heterocycles. The van der Waals surface area contributed by atoms with Crippen LogP contribution < -0.4 is 0 Å². The van der Waals surface area contributed by atoms with E-state index in [-0.39, 0.29) is 0 Å². The van der Waals surface area contributed by atoms with Crippen LogP contribution in [0.3, 0.4) is 0 Å². The smallest absolute Gasteiger partial charge is 0.0711 e. The zero-order chi connectivity index (χ0) is 13.2. The van der Waals surface area contributed by atoms with Crippen LogP contribution in [0.15, 0.2) is 54.6 Å². The molecule has 0 bridgehead atoms. The number of nitrogens with zero attached hydrogens (tertiary/aromatic N) is 1. The highest BCUT2D eigenvalue weighted by molar-refractivity contribution is 5.96. The number of aryl methyl sites for hydroxylation is 1. The van der Waals surface area contributed by atoms with Crippen LogP contribution in [0.1, 0.15) is 18.2 Å². The van der Waals surface area contributed by atoms with Crippen LogP contribution in [-0.4, -0.2) is 4.98 Å². The Kier molecular flexibility index (Phi) is 3.04. The van der Waals surface area contributed by atoms with Gasteiger partial charge in [0.15, 0.2) is 0 Å². The van der Waals surface area contributed by atoms with Gasteiger partial charge in [-0.3, -0.25) is 4.98 Å². The Morgan fingerprint density at radius 3 is 2.32 bits per heavy atom. The average Bonchev–Trinajstić information content (AvgIpc) is 2.46. The molecule has 0 amide bonds. The molecule has 0 spiro atoms. The van der Waals surface area contributed by atoms with Gasteiger partial charge in [-0.05, 0) is 36.1 Å². The lowest BCUT2D eigenvalue weighted by molar-refractivity contribution is 1.07. The minimum absolute atomic E-state index is 1.01. The van der Waals surface area contributed by atoms with Crippen molar-refractivity contribution in [3.8, 4) is 11.1 Å². The molecule has 94 valence electrons. The van der Waals surface area contributed by atoms with Crippen molar-refractivity contribution in [2.45, 2.75) is 20.3 Å². The fourth-order valence-corrected chi connectivity index (χ4v) is 2.74. The molecule has 3 aromatic rings. The lowest BCUT2D eigenvalue weighted by Gasteiger charge is -2.14. The summed E-state index contributed by atoms with van der Waals surface area (Å²) in [4.78, 5) is 4.73. The maximum Gasteiger partial charge on any atom is 0.0711 e. The van der Waals surface area contributed by atoms with E-state index in [1.807, 2.05) is 0 Å². The molecule has 0 saturated carbocycles. The van der Waals surface area contributed by atoms with Gasteiger partial charge in [-0.2, -0.15) is 0 Å². The maximum absolute atomic E-state index is 4.73. The predicted octanol–water partition coefficient (Wildman–Crippen LogP) is 4.77. The Balaban J connectivity index is 2.43. The summed E-state index contributed by atoms with van der Waals surface area (Å²) in [5.41, 5.74) is 6.19. The second-order valence-electron chi connectivity index (χ2n) is 4.79. The quantitative estimate of drug-likeness (QED) is 0.635. The first-order chi connectivity index (χ1) is 9.31. The van der Waals surface area contributed by atoms with Crippen molar-refractivity contribution in [1.82, 2.24) is 4.98 Å². The van der Waals surface area contributed by atoms with Crippen molar-refractivity contribution in [3.63, 3.8) is 0 Å². The monoisotopic (exact) mass is 247 g/mol. The van der Waals surface area contributed by atoms with Crippen molar-refractivity contribution in [2.75, 3.05) is 0 Å². The lowest BCUT2D eigenvalue weighted by atomic mass is 9.93. The van der Waals surface area contributed by atoms with Crippen LogP contribution in [0.25, 0.3) is 22.0 Å². The molecule has 0 fully saturated rings. The fraction of sp³-hybridized carbons (Fsp3) is 0.167. The number of aromatic nitrogens is 1. The zero-order valence-electron chi connectivity index (χ0n) is 11.4. The van der Waals surface area contributed by atoms with E-state index in [1.54, 1.807) is 0 Å². The molecule has 0 aliphatic carbocycles. The molecule has 3 rings (SSSR count). The van der Waals surface area contributed by atoms with Crippen LogP contribution in [0.2, 0.25) is 0 Å². The number of para-hydroxylation sites is 1. The first-order valence-corrected chi connectivity index (χ1v) is 6.75. The molecule has 1 heteroatoms. The molecule has 0 atom stereocenters. The van der Waals surface area contributed by atoms with Crippen molar-refractivity contribution in [2.24, 2.45) is 0 Å². The minimum Gasteiger partial charge on any atom is -0.253 e. The molecule has 0 N–H and O–H groups in total. The molecule has 1 aromatic heterocycles. The lowest BCUT2D eigenvalue weighted by Crippen LogP contribution is -1.97. The average molecular weight is 247 g/mol. The van der Waals surface area contributed by atoms with Gasteiger partial charge in [0.2, 0.25) is 0 Å². The number of fused-ring (bicyclic) bond motifs is 1. The van der Waals surface area contributed by atoms with Crippen LogP contribution in [0.4, 0.5) is 0 Å². The summed E-state index contributed by atoms with van der Waals surface area (Å²) in [7, 11) is 0. The van der Waals surface area contributed by atoms with E-state index < -0.39 is 0 Å². The molecule has 0 saturated heterocycles. The largest absolute Gasteiger partial charge is 0.253 e. The van der Waals surface area contributed by atoms with Crippen LogP contribution in [-0.2, 0) is 6.42 Å². The van der Waals surface area contributed by atoms with Gasteiger partial charge in [-0.1, -0.05) is 55.5 Å². The third-order valence-corrected chi connectivity index (χ3v) is 3.62. The van der Waals surface area contributed by atoms with Crippen LogP contribution in [0.5, 0.6) is 0 Å². The van der Waals surface area contributed by atoms with Crippen LogP contribution in [0, 0.1) is 6.92 Å². The third kappa shape index (κ3) is 2.01. The summed E-state index contributed by atoms with van der Waals surface area (Å²) in [5.74, 6) is 0. The van der Waals surface area contributed by atoms with E-state index in [9.17, 15) is 0 Å². The molecule has 1 nitrogen and oxygen atoms in total. The number of hydrogen-bond acceptors (Lipinski definition) is 1. The van der Waals surface area contributed by atoms with Crippen molar-refractivity contribution in [3.05, 3.63) is 65.9 Å². The molecule has 0 unspecified atom stereocenters. The van der Waals surface area contributed by atoms with Crippen molar-refractivity contribution < 1.29 is 0 Å². The SMILES string of the molecule is CCc1c(C)nc2ccccc2c1-c1ccccc1. The van der Waals surface area contributed by atoms with Gasteiger partial charge in [0.25, 0.3) is 0 Å². The summed E-state index contributed by atoms with van der Waals surface area (Å²) >= 11 is 0. The molecule has 0 aliphatic rings. The summed E-state index contributed by atoms with van der Waals surface area (Å²) in [6, 6.07) is 19.0. The summed E-state index contributed by atoms with van der Waals surface area (Å²) in [5, 5.41) is 1.25. The Bertz CT molecular complexity index is 714. The Labute approximate surface area is 113 Å². The van der Waals surface area contributed by atoms with Gasteiger partial charge >= 0.3 is 0 Å². The van der Waals surface area contributed by atoms with Gasteiger partial charge in [0.05, 0.1) is 5.52 Å². The van der Waals surface area contributed by atoms with Gasteiger partial charge < -0.3 is 0 Å². The van der Waals surface area contributed by atoms with Gasteiger partial charge in [-0.25, -0.2) is 0 Å². The highest BCUT2D eigenvalue weighted by Crippen LogP contribution is 2.32. The van der Waals surface area contributed by atoms with E-state index in [0.29, 0.717) is 0 Å². The van der Waals surface area contributed by atoms with Crippen molar-refractivity contribution in [1.29, 1.82) is 0 Å². The topological polar surface area (TPSA) is 12.9 Å². The van der Waals surface area contributed by atoms with Gasteiger partial charge in [0.1, 0.15) is 0 Å². The molecule has 19 heavy (non-hydrogen) atoms. The number of hydrogen-bond donors (Lipinski definition) is 0. The highest BCUT2D eigenvalue weighted by Gasteiger charge is 2.12. The zero-order valence-corrected chi connectivity index (χ0v) is 11.4. The Morgan fingerprint density at radius 2 is 1.58 bits per heavy atom. The molecular formula is C18H17N. The van der Waals surface area contributed by atoms with E-state index in [2.05, 4.69) is 68.4 Å². The number of rotatable bonds is 2. The third-order valence-electron chi connectivity index (χ3n) is 3.62. The second-order valence-corrected chi connectivity index (χ2v) is 4.79. The number of benzene rings is 2. The van der Waals surface area contributed by atoms with Crippen molar-refractivity contribution >= 4 is 10.9 Å². The fourth-order valence-electron chi connectivity index (χ4n) is 2.74. The first-order valence-electron chi connectivity index (χ1n) is 6.75. The van der Waals surface area contributed by atoms with Crippen LogP contribution >= 0.6 is 0 Å². The summed E-state index contributed by atoms with van der Waals surface area (Å²) < 4.78 is 0. The first kappa shape index (κ1) is 11.9. The molecule has 1 heterocycles. The van der Waals surface area contributed by atoms with Gasteiger partial charge in [-0.15, -0.1) is 0 Å². The Morgan fingerprint density at radius 1 is 0.895 bits per heavy atom. The van der Waals surface area contributed by atoms with E-state index in [0.717, 1.165) is 17.6 Å². The standard InChI is InChI=1S/C18H17N/c1-3-15-13(2)19-17-12-8-7-11-16(17)18(15)14-9-5-4-6-10-14/h4-12H,3H2,1-2H3. The van der Waals surface area contributed by atoms with E-state index in [1.165, 1.54) is 22.1 Å². The minimum atomic E-state index is 1.01. The van der Waals surface area contributed by atoms with Gasteiger partial charge in [0, 0.05) is 11.1 Å². The number of pyridine rings is 1. The molecule has 0 radical (unpaired) electrons.